The zero-order valence-electron chi connectivity index (χ0n) is 16.2. The summed E-state index contributed by atoms with van der Waals surface area (Å²) < 4.78 is 7.42. The lowest BCUT2D eigenvalue weighted by Gasteiger charge is -2.35. The Kier molecular flexibility index (Phi) is 5.55. The Labute approximate surface area is 169 Å². The summed E-state index contributed by atoms with van der Waals surface area (Å²) in [6.07, 6.45) is 6.81. The fourth-order valence-electron chi connectivity index (χ4n) is 3.23. The number of urea groups is 1. The SMILES string of the molecule is CCOc1ccccc1NC(=O)N1CCN(c2cc(-n3ccnc3)ncn2)CC1. The average Bonchev–Trinajstić information content (AvgIpc) is 3.31. The van der Waals surface area contributed by atoms with E-state index in [4.69, 9.17) is 4.74 Å². The first-order valence-electron chi connectivity index (χ1n) is 9.57. The summed E-state index contributed by atoms with van der Waals surface area (Å²) >= 11 is 0. The number of amides is 2. The number of hydrogen-bond donors (Lipinski definition) is 1. The molecule has 4 rings (SSSR count). The highest BCUT2D eigenvalue weighted by atomic mass is 16.5. The molecule has 0 bridgehead atoms. The van der Waals surface area contributed by atoms with Gasteiger partial charge in [-0.05, 0) is 19.1 Å². The molecule has 1 fully saturated rings. The summed E-state index contributed by atoms with van der Waals surface area (Å²) in [6.45, 7) is 5.07. The van der Waals surface area contributed by atoms with E-state index in [0.717, 1.165) is 11.6 Å². The zero-order chi connectivity index (χ0) is 20.1. The number of para-hydroxylation sites is 2. The van der Waals surface area contributed by atoms with Gasteiger partial charge in [-0.1, -0.05) is 12.1 Å². The maximum atomic E-state index is 12.7. The second kappa shape index (κ2) is 8.59. The Morgan fingerprint density at radius 1 is 1.14 bits per heavy atom. The summed E-state index contributed by atoms with van der Waals surface area (Å²) in [5.74, 6) is 2.28. The maximum absolute atomic E-state index is 12.7. The Bertz CT molecular complexity index is 953. The monoisotopic (exact) mass is 393 g/mol. The van der Waals surface area contributed by atoms with Crippen LogP contribution in [0.2, 0.25) is 0 Å². The van der Waals surface area contributed by atoms with Gasteiger partial charge in [0.2, 0.25) is 0 Å². The van der Waals surface area contributed by atoms with Crippen LogP contribution in [0.25, 0.3) is 5.82 Å². The van der Waals surface area contributed by atoms with Crippen LogP contribution in [0.1, 0.15) is 6.92 Å². The van der Waals surface area contributed by atoms with Gasteiger partial charge < -0.3 is 19.9 Å². The van der Waals surface area contributed by atoms with Crippen molar-refractivity contribution < 1.29 is 9.53 Å². The first-order valence-corrected chi connectivity index (χ1v) is 9.57. The number of piperazine rings is 1. The predicted octanol–water partition coefficient (Wildman–Crippen LogP) is 2.42. The van der Waals surface area contributed by atoms with Crippen LogP contribution < -0.4 is 15.0 Å². The molecule has 0 unspecified atom stereocenters. The van der Waals surface area contributed by atoms with E-state index >= 15 is 0 Å². The molecular weight excluding hydrogens is 370 g/mol. The maximum Gasteiger partial charge on any atom is 0.322 e. The summed E-state index contributed by atoms with van der Waals surface area (Å²) in [5, 5.41) is 2.95. The molecule has 1 aromatic carbocycles. The molecule has 2 amide bonds. The van der Waals surface area contributed by atoms with Gasteiger partial charge in [0.1, 0.15) is 30.0 Å². The highest BCUT2D eigenvalue weighted by Crippen LogP contribution is 2.24. The van der Waals surface area contributed by atoms with Gasteiger partial charge in [-0.25, -0.2) is 19.7 Å². The molecule has 0 spiro atoms. The Balaban J connectivity index is 1.37. The number of ether oxygens (including phenoxy) is 1. The number of carbonyl (C=O) groups excluding carboxylic acids is 1. The number of carbonyl (C=O) groups is 1. The second-order valence-electron chi connectivity index (χ2n) is 6.54. The Hall–Kier alpha value is -3.62. The summed E-state index contributed by atoms with van der Waals surface area (Å²) in [5.41, 5.74) is 0.683. The van der Waals surface area contributed by atoms with Crippen molar-refractivity contribution in [2.75, 3.05) is 43.0 Å². The molecule has 1 aliphatic heterocycles. The lowest BCUT2D eigenvalue weighted by Crippen LogP contribution is -2.50. The minimum absolute atomic E-state index is 0.126. The van der Waals surface area contributed by atoms with E-state index in [1.807, 2.05) is 48.0 Å². The molecule has 3 aromatic rings. The first-order chi connectivity index (χ1) is 14.2. The van der Waals surface area contributed by atoms with Crippen molar-refractivity contribution in [3.63, 3.8) is 0 Å². The highest BCUT2D eigenvalue weighted by Gasteiger charge is 2.23. The standard InChI is InChI=1S/C20H23N7O2/c1-2-29-17-6-4-3-5-16(17)24-20(28)26-11-9-25(10-12-26)18-13-19(23-14-22-18)27-8-7-21-15-27/h3-8,13-15H,2,9-12H2,1H3,(H,24,28). The smallest absolute Gasteiger partial charge is 0.322 e. The van der Waals surface area contributed by atoms with Crippen LogP contribution in [-0.4, -0.2) is 63.2 Å². The highest BCUT2D eigenvalue weighted by molar-refractivity contribution is 5.91. The normalized spacial score (nSPS) is 14.0. The van der Waals surface area contributed by atoms with E-state index in [-0.39, 0.29) is 6.03 Å². The van der Waals surface area contributed by atoms with Gasteiger partial charge in [0, 0.05) is 44.6 Å². The van der Waals surface area contributed by atoms with Crippen molar-refractivity contribution in [1.29, 1.82) is 0 Å². The largest absolute Gasteiger partial charge is 0.492 e. The number of benzene rings is 1. The van der Waals surface area contributed by atoms with E-state index in [0.29, 0.717) is 44.2 Å². The number of hydrogen-bond acceptors (Lipinski definition) is 6. The number of aromatic nitrogens is 4. The number of rotatable bonds is 5. The van der Waals surface area contributed by atoms with Crippen LogP contribution in [0.5, 0.6) is 5.75 Å². The third-order valence-electron chi connectivity index (χ3n) is 4.73. The van der Waals surface area contributed by atoms with Crippen molar-refractivity contribution in [2.24, 2.45) is 0 Å². The topological polar surface area (TPSA) is 88.4 Å². The molecule has 2 aromatic heterocycles. The molecule has 1 N–H and O–H groups in total. The van der Waals surface area contributed by atoms with Gasteiger partial charge in [0.15, 0.2) is 0 Å². The van der Waals surface area contributed by atoms with Crippen LogP contribution in [0.15, 0.2) is 55.4 Å². The van der Waals surface area contributed by atoms with Gasteiger partial charge in [-0.3, -0.25) is 4.57 Å². The predicted molar refractivity (Wildman–Crippen MR) is 110 cm³/mol. The van der Waals surface area contributed by atoms with Crippen LogP contribution >= 0.6 is 0 Å². The van der Waals surface area contributed by atoms with Gasteiger partial charge in [-0.2, -0.15) is 0 Å². The minimum Gasteiger partial charge on any atom is -0.492 e. The summed E-state index contributed by atoms with van der Waals surface area (Å²) in [4.78, 5) is 29.4. The van der Waals surface area contributed by atoms with Gasteiger partial charge in [-0.15, -0.1) is 0 Å². The molecule has 9 heteroatoms. The fraction of sp³-hybridized carbons (Fsp3) is 0.300. The lowest BCUT2D eigenvalue weighted by atomic mass is 10.3. The van der Waals surface area contributed by atoms with E-state index in [2.05, 4.69) is 25.2 Å². The summed E-state index contributed by atoms with van der Waals surface area (Å²) in [7, 11) is 0. The number of nitrogens with one attached hydrogen (secondary N) is 1. The molecule has 3 heterocycles. The molecule has 150 valence electrons. The first kappa shape index (κ1) is 18.7. The van der Waals surface area contributed by atoms with Gasteiger partial charge in [0.05, 0.1) is 12.3 Å². The van der Waals surface area contributed by atoms with E-state index in [9.17, 15) is 4.79 Å². The fourth-order valence-corrected chi connectivity index (χ4v) is 3.23. The third kappa shape index (κ3) is 4.29. The number of anilines is 2. The van der Waals surface area contributed by atoms with Crippen molar-refractivity contribution in [3.8, 4) is 11.6 Å². The molecule has 1 saturated heterocycles. The van der Waals surface area contributed by atoms with E-state index in [1.54, 1.807) is 23.8 Å². The molecule has 0 saturated carbocycles. The molecule has 29 heavy (non-hydrogen) atoms. The van der Waals surface area contributed by atoms with Crippen LogP contribution in [0, 0.1) is 0 Å². The molecule has 0 aliphatic carbocycles. The third-order valence-corrected chi connectivity index (χ3v) is 4.73. The van der Waals surface area contributed by atoms with Crippen LogP contribution in [0.3, 0.4) is 0 Å². The number of nitrogens with zero attached hydrogens (tertiary/aromatic N) is 6. The number of imidazole rings is 1. The molecular formula is C20H23N7O2. The van der Waals surface area contributed by atoms with Gasteiger partial charge in [0.25, 0.3) is 0 Å². The Morgan fingerprint density at radius 3 is 2.69 bits per heavy atom. The van der Waals surface area contributed by atoms with Crippen molar-refractivity contribution >= 4 is 17.5 Å². The minimum atomic E-state index is -0.126. The van der Waals surface area contributed by atoms with E-state index in [1.165, 1.54) is 0 Å². The average molecular weight is 393 g/mol. The zero-order valence-corrected chi connectivity index (χ0v) is 16.2. The quantitative estimate of drug-likeness (QED) is 0.716. The summed E-state index contributed by atoms with van der Waals surface area (Å²) in [6, 6.07) is 9.26. The van der Waals surface area contributed by atoms with Crippen molar-refractivity contribution in [3.05, 3.63) is 55.4 Å². The van der Waals surface area contributed by atoms with E-state index < -0.39 is 0 Å². The lowest BCUT2D eigenvalue weighted by molar-refractivity contribution is 0.208. The molecule has 0 atom stereocenters. The molecule has 9 nitrogen and oxygen atoms in total. The van der Waals surface area contributed by atoms with Crippen molar-refractivity contribution in [2.45, 2.75) is 6.92 Å². The molecule has 0 radical (unpaired) electrons. The van der Waals surface area contributed by atoms with Crippen LogP contribution in [-0.2, 0) is 0 Å². The van der Waals surface area contributed by atoms with Gasteiger partial charge >= 0.3 is 6.03 Å². The van der Waals surface area contributed by atoms with Crippen LogP contribution in [0.4, 0.5) is 16.3 Å². The second-order valence-corrected chi connectivity index (χ2v) is 6.54. The molecule has 1 aliphatic rings. The Morgan fingerprint density at radius 2 is 1.93 bits per heavy atom. The van der Waals surface area contributed by atoms with Crippen molar-refractivity contribution in [1.82, 2.24) is 24.4 Å².